The van der Waals surface area contributed by atoms with Gasteiger partial charge >= 0.3 is 0 Å². The monoisotopic (exact) mass is 407 g/mol. The van der Waals surface area contributed by atoms with Crippen molar-refractivity contribution in [1.82, 2.24) is 14.3 Å². The Morgan fingerprint density at radius 2 is 1.83 bits per heavy atom. The molecule has 0 aliphatic carbocycles. The molecule has 5 nitrogen and oxygen atoms in total. The predicted molar refractivity (Wildman–Crippen MR) is 118 cm³/mol. The van der Waals surface area contributed by atoms with Crippen LogP contribution in [0.15, 0.2) is 60.7 Å². The number of aromatic nitrogens is 3. The Labute approximate surface area is 176 Å². The van der Waals surface area contributed by atoms with Gasteiger partial charge in [0.1, 0.15) is 5.75 Å². The highest BCUT2D eigenvalue weighted by atomic mass is 32.1. The number of ether oxygens (including phenoxy) is 1. The van der Waals surface area contributed by atoms with E-state index in [1.807, 2.05) is 28.9 Å². The summed E-state index contributed by atoms with van der Waals surface area (Å²) in [6, 6.07) is 18.7. The number of hydrogen-bond donors (Lipinski definition) is 1. The summed E-state index contributed by atoms with van der Waals surface area (Å²) in [5, 5.41) is 4.87. The Morgan fingerprint density at radius 1 is 1.07 bits per heavy atom. The van der Waals surface area contributed by atoms with Crippen molar-refractivity contribution < 1.29 is 9.64 Å². The Balaban J connectivity index is 1.53. The van der Waals surface area contributed by atoms with Crippen LogP contribution in [0.2, 0.25) is 0 Å². The molecule has 0 bridgehead atoms. The maximum Gasteiger partial charge on any atom is 0.203 e. The fraction of sp³-hybridized carbons (Fsp3) is 0.304. The summed E-state index contributed by atoms with van der Waals surface area (Å²) in [5.41, 5.74) is 3.83. The first-order valence-corrected chi connectivity index (χ1v) is 10.5. The van der Waals surface area contributed by atoms with E-state index in [0.29, 0.717) is 0 Å². The normalized spacial score (nSPS) is 16.5. The molecule has 6 heteroatoms. The molecule has 29 heavy (non-hydrogen) atoms. The van der Waals surface area contributed by atoms with Gasteiger partial charge in [-0.2, -0.15) is 4.68 Å². The van der Waals surface area contributed by atoms with Crippen LogP contribution < -0.4 is 9.64 Å². The molecular formula is C23H27N4OS+. The van der Waals surface area contributed by atoms with Crippen molar-refractivity contribution in [2.75, 3.05) is 20.2 Å². The van der Waals surface area contributed by atoms with Gasteiger partial charge in [-0.15, -0.1) is 5.10 Å². The summed E-state index contributed by atoms with van der Waals surface area (Å²) < 4.78 is 10.1. The van der Waals surface area contributed by atoms with E-state index < -0.39 is 0 Å². The third-order valence-corrected chi connectivity index (χ3v) is 5.92. The van der Waals surface area contributed by atoms with Crippen LogP contribution in [-0.2, 0) is 13.2 Å². The van der Waals surface area contributed by atoms with Crippen molar-refractivity contribution in [3.63, 3.8) is 0 Å². The molecular weight excluding hydrogens is 380 g/mol. The number of rotatable bonds is 6. The van der Waals surface area contributed by atoms with Crippen molar-refractivity contribution in [3.05, 3.63) is 71.0 Å². The molecule has 0 spiro atoms. The van der Waals surface area contributed by atoms with Crippen molar-refractivity contribution in [3.8, 4) is 17.1 Å². The SMILES string of the molecule is CCn1c(-c2ccc(OC)cc2)nn(C[NH+]2CC=C(c3ccccc3)CC2)c1=S. The Morgan fingerprint density at radius 3 is 2.45 bits per heavy atom. The number of nitrogens with zero attached hydrogens (tertiary/aromatic N) is 3. The standard InChI is InChI=1S/C23H26N4OS/c1-3-26-22(20-9-11-21(28-2)12-10-20)24-27(23(26)29)17-25-15-13-19(14-16-25)18-7-5-4-6-8-18/h4-13H,3,14-17H2,1-2H3/p+1. The smallest absolute Gasteiger partial charge is 0.203 e. The summed E-state index contributed by atoms with van der Waals surface area (Å²) in [4.78, 5) is 1.47. The van der Waals surface area contributed by atoms with E-state index in [1.54, 1.807) is 7.11 Å². The molecule has 3 aromatic rings. The molecule has 0 amide bonds. The molecule has 1 aliphatic heterocycles. The average Bonchev–Trinajstić information content (AvgIpc) is 3.10. The van der Waals surface area contributed by atoms with Crippen molar-refractivity contribution in [2.24, 2.45) is 0 Å². The molecule has 1 atom stereocenters. The minimum absolute atomic E-state index is 0.781. The van der Waals surface area contributed by atoms with Gasteiger partial charge in [-0.05, 0) is 60.6 Å². The number of hydrogen-bond acceptors (Lipinski definition) is 3. The maximum atomic E-state index is 5.74. The van der Waals surface area contributed by atoms with E-state index >= 15 is 0 Å². The molecule has 150 valence electrons. The van der Waals surface area contributed by atoms with E-state index in [9.17, 15) is 0 Å². The molecule has 0 saturated carbocycles. The molecule has 1 unspecified atom stereocenters. The van der Waals surface area contributed by atoms with Crippen molar-refractivity contribution >= 4 is 17.8 Å². The van der Waals surface area contributed by atoms with E-state index in [4.69, 9.17) is 22.1 Å². The summed E-state index contributed by atoms with van der Waals surface area (Å²) in [6.07, 6.45) is 3.44. The van der Waals surface area contributed by atoms with Crippen LogP contribution in [-0.4, -0.2) is 34.5 Å². The van der Waals surface area contributed by atoms with Crippen LogP contribution in [0.4, 0.5) is 0 Å². The molecule has 2 aromatic carbocycles. The lowest BCUT2D eigenvalue weighted by Gasteiger charge is -2.23. The number of methoxy groups -OCH3 is 1. The minimum Gasteiger partial charge on any atom is -0.497 e. The van der Waals surface area contributed by atoms with Crippen LogP contribution in [0.3, 0.4) is 0 Å². The summed E-state index contributed by atoms with van der Waals surface area (Å²) in [7, 11) is 1.68. The van der Waals surface area contributed by atoms with Crippen LogP contribution in [0.5, 0.6) is 5.75 Å². The highest BCUT2D eigenvalue weighted by Crippen LogP contribution is 2.22. The lowest BCUT2D eigenvalue weighted by atomic mass is 10.00. The fourth-order valence-corrected chi connectivity index (χ4v) is 4.16. The molecule has 1 N–H and O–H groups in total. The Hall–Kier alpha value is -2.70. The first-order valence-electron chi connectivity index (χ1n) is 10.1. The van der Waals surface area contributed by atoms with Gasteiger partial charge in [-0.25, -0.2) is 0 Å². The maximum absolute atomic E-state index is 5.74. The van der Waals surface area contributed by atoms with Crippen LogP contribution in [0, 0.1) is 4.77 Å². The molecule has 1 aliphatic rings. The van der Waals surface area contributed by atoms with Gasteiger partial charge in [-0.1, -0.05) is 30.3 Å². The van der Waals surface area contributed by atoms with Gasteiger partial charge in [0.15, 0.2) is 12.5 Å². The van der Waals surface area contributed by atoms with Crippen LogP contribution >= 0.6 is 12.2 Å². The molecule has 2 heterocycles. The molecule has 0 radical (unpaired) electrons. The largest absolute Gasteiger partial charge is 0.497 e. The second-order valence-electron chi connectivity index (χ2n) is 7.29. The zero-order valence-electron chi connectivity index (χ0n) is 17.0. The van der Waals surface area contributed by atoms with E-state index in [1.165, 1.54) is 16.0 Å². The summed E-state index contributed by atoms with van der Waals surface area (Å²) in [5.74, 6) is 1.76. The number of benzene rings is 2. The van der Waals surface area contributed by atoms with Crippen LogP contribution in [0.1, 0.15) is 18.9 Å². The van der Waals surface area contributed by atoms with Gasteiger partial charge in [0.2, 0.25) is 4.77 Å². The predicted octanol–water partition coefficient (Wildman–Crippen LogP) is 3.44. The van der Waals surface area contributed by atoms with E-state index in [0.717, 1.165) is 54.6 Å². The first kappa shape index (κ1) is 19.6. The molecule has 0 fully saturated rings. The highest BCUT2D eigenvalue weighted by molar-refractivity contribution is 7.71. The van der Waals surface area contributed by atoms with Gasteiger partial charge in [0, 0.05) is 18.5 Å². The second-order valence-corrected chi connectivity index (χ2v) is 7.65. The third kappa shape index (κ3) is 4.18. The fourth-order valence-electron chi connectivity index (χ4n) is 3.84. The van der Waals surface area contributed by atoms with E-state index in [-0.39, 0.29) is 0 Å². The van der Waals surface area contributed by atoms with Crippen molar-refractivity contribution in [1.29, 1.82) is 0 Å². The van der Waals surface area contributed by atoms with Gasteiger partial charge in [0.05, 0.1) is 20.2 Å². The van der Waals surface area contributed by atoms with Crippen molar-refractivity contribution in [2.45, 2.75) is 26.6 Å². The third-order valence-electron chi connectivity index (χ3n) is 5.49. The molecule has 1 aromatic heterocycles. The number of nitrogens with one attached hydrogen (secondary N) is 1. The minimum atomic E-state index is 0.781. The van der Waals surface area contributed by atoms with Gasteiger partial charge in [0.25, 0.3) is 0 Å². The topological polar surface area (TPSA) is 36.4 Å². The summed E-state index contributed by atoms with van der Waals surface area (Å²) >= 11 is 5.74. The van der Waals surface area contributed by atoms with Gasteiger partial charge < -0.3 is 14.2 Å². The Kier molecular flexibility index (Phi) is 5.92. The van der Waals surface area contributed by atoms with E-state index in [2.05, 4.69) is 47.9 Å². The lowest BCUT2D eigenvalue weighted by Crippen LogP contribution is -3.11. The molecule has 4 rings (SSSR count). The summed E-state index contributed by atoms with van der Waals surface area (Å²) in [6.45, 7) is 5.76. The zero-order chi connectivity index (χ0) is 20.2. The zero-order valence-corrected chi connectivity index (χ0v) is 17.8. The molecule has 0 saturated heterocycles. The lowest BCUT2D eigenvalue weighted by molar-refractivity contribution is -0.918. The Bertz CT molecular complexity index is 1050. The van der Waals surface area contributed by atoms with Crippen LogP contribution in [0.25, 0.3) is 17.0 Å². The second kappa shape index (κ2) is 8.76. The highest BCUT2D eigenvalue weighted by Gasteiger charge is 2.19. The van der Waals surface area contributed by atoms with Gasteiger partial charge in [-0.3, -0.25) is 0 Å². The first-order chi connectivity index (χ1) is 14.2. The average molecular weight is 408 g/mol. The quantitative estimate of drug-likeness (QED) is 0.636. The number of quaternary nitrogens is 1.